The minimum atomic E-state index is -0.301. The van der Waals surface area contributed by atoms with Gasteiger partial charge in [-0.2, -0.15) is 0 Å². The van der Waals surface area contributed by atoms with Crippen LogP contribution in [0.1, 0.15) is 12.5 Å². The van der Waals surface area contributed by atoms with Crippen LogP contribution in [0.4, 0.5) is 0 Å². The number of hydrogen-bond donors (Lipinski definition) is 1. The van der Waals surface area contributed by atoms with Crippen molar-refractivity contribution in [3.8, 4) is 5.75 Å². The molecule has 2 atom stereocenters. The molecule has 1 aliphatic rings. The van der Waals surface area contributed by atoms with Gasteiger partial charge in [-0.3, -0.25) is 4.79 Å². The molecule has 1 aliphatic heterocycles. The Morgan fingerprint density at radius 1 is 1.52 bits per heavy atom. The number of morpholine rings is 1. The van der Waals surface area contributed by atoms with Gasteiger partial charge in [-0.05, 0) is 19.1 Å². The molecular formula is C16H21NO4. The topological polar surface area (TPSA) is 59.0 Å². The van der Waals surface area contributed by atoms with Gasteiger partial charge < -0.3 is 19.5 Å². The molecule has 1 N–H and O–H groups in total. The Hall–Kier alpha value is -1.85. The van der Waals surface area contributed by atoms with Gasteiger partial charge in [0.2, 0.25) is 5.91 Å². The fraction of sp³-hybridized carbons (Fsp3) is 0.438. The summed E-state index contributed by atoms with van der Waals surface area (Å²) in [5.74, 6) is 0.639. The first kappa shape index (κ1) is 15.5. The summed E-state index contributed by atoms with van der Waals surface area (Å²) in [4.78, 5) is 14.0. The van der Waals surface area contributed by atoms with Crippen LogP contribution < -0.4 is 4.74 Å². The number of rotatable bonds is 4. The summed E-state index contributed by atoms with van der Waals surface area (Å²) in [6.45, 7) is 2.71. The van der Waals surface area contributed by atoms with Crippen molar-refractivity contribution in [3.63, 3.8) is 0 Å². The molecule has 0 spiro atoms. The Balaban J connectivity index is 2.07. The van der Waals surface area contributed by atoms with Crippen molar-refractivity contribution in [1.29, 1.82) is 0 Å². The fourth-order valence-corrected chi connectivity index (χ4v) is 2.30. The van der Waals surface area contributed by atoms with Crippen LogP contribution in [0, 0.1) is 0 Å². The van der Waals surface area contributed by atoms with Gasteiger partial charge in [0.1, 0.15) is 5.75 Å². The van der Waals surface area contributed by atoms with Crippen molar-refractivity contribution in [2.45, 2.75) is 19.1 Å². The van der Waals surface area contributed by atoms with E-state index in [4.69, 9.17) is 14.6 Å². The third-order valence-electron chi connectivity index (χ3n) is 3.54. The van der Waals surface area contributed by atoms with Gasteiger partial charge in [0.25, 0.3) is 0 Å². The van der Waals surface area contributed by atoms with Crippen molar-refractivity contribution in [2.24, 2.45) is 0 Å². The van der Waals surface area contributed by atoms with Crippen LogP contribution in [0.15, 0.2) is 30.3 Å². The molecule has 5 nitrogen and oxygen atoms in total. The number of hydrogen-bond acceptors (Lipinski definition) is 4. The largest absolute Gasteiger partial charge is 0.496 e. The average Bonchev–Trinajstić information content (AvgIpc) is 2.53. The first-order chi connectivity index (χ1) is 10.2. The Kier molecular flexibility index (Phi) is 5.36. The van der Waals surface area contributed by atoms with Crippen LogP contribution in [-0.4, -0.2) is 54.9 Å². The Morgan fingerprint density at radius 2 is 2.29 bits per heavy atom. The molecule has 1 amide bonds. The molecule has 21 heavy (non-hydrogen) atoms. The number of carbonyl (C=O) groups is 1. The summed E-state index contributed by atoms with van der Waals surface area (Å²) < 4.78 is 10.7. The summed E-state index contributed by atoms with van der Waals surface area (Å²) in [6.07, 6.45) is 2.98. The number of nitrogens with zero attached hydrogens (tertiary/aromatic N) is 1. The highest BCUT2D eigenvalue weighted by Gasteiger charge is 2.27. The second-order valence-electron chi connectivity index (χ2n) is 5.05. The van der Waals surface area contributed by atoms with Gasteiger partial charge in [-0.25, -0.2) is 0 Å². The maximum atomic E-state index is 12.3. The van der Waals surface area contributed by atoms with Crippen LogP contribution in [0.25, 0.3) is 6.08 Å². The normalized spacial score (nSPS) is 22.5. The first-order valence-corrected chi connectivity index (χ1v) is 7.00. The van der Waals surface area contributed by atoms with Gasteiger partial charge in [0, 0.05) is 18.2 Å². The number of amides is 1. The maximum Gasteiger partial charge on any atom is 0.246 e. The lowest BCUT2D eigenvalue weighted by Gasteiger charge is -2.36. The number of aliphatic hydroxyl groups excluding tert-OH is 1. The van der Waals surface area contributed by atoms with E-state index in [0.29, 0.717) is 13.2 Å². The summed E-state index contributed by atoms with van der Waals surface area (Å²) in [5.41, 5.74) is 0.855. The third-order valence-corrected chi connectivity index (χ3v) is 3.54. The Morgan fingerprint density at radius 3 is 3.00 bits per heavy atom. The molecule has 0 saturated carbocycles. The molecule has 2 rings (SSSR count). The van der Waals surface area contributed by atoms with Gasteiger partial charge in [0.05, 0.1) is 32.5 Å². The molecule has 1 saturated heterocycles. The minimum absolute atomic E-state index is 0.00242. The van der Waals surface area contributed by atoms with Crippen molar-refractivity contribution in [1.82, 2.24) is 4.90 Å². The SMILES string of the molecule is COc1ccccc1/C=C/C(=O)N1CC(CO)OCC1C. The molecule has 5 heteroatoms. The van der Waals surface area contributed by atoms with Crippen LogP contribution in [0.2, 0.25) is 0 Å². The van der Waals surface area contributed by atoms with Crippen molar-refractivity contribution in [3.05, 3.63) is 35.9 Å². The zero-order valence-corrected chi connectivity index (χ0v) is 12.4. The van der Waals surface area contributed by atoms with E-state index in [1.54, 1.807) is 18.1 Å². The monoisotopic (exact) mass is 291 g/mol. The predicted octanol–water partition coefficient (Wildman–Crippen LogP) is 1.32. The summed E-state index contributed by atoms with van der Waals surface area (Å²) in [5, 5.41) is 9.16. The van der Waals surface area contributed by atoms with E-state index in [-0.39, 0.29) is 24.7 Å². The quantitative estimate of drug-likeness (QED) is 0.850. The zero-order valence-electron chi connectivity index (χ0n) is 12.4. The standard InChI is InChI=1S/C16H21NO4/c1-12-11-21-14(10-18)9-17(12)16(19)8-7-13-5-3-4-6-15(13)20-2/h3-8,12,14,18H,9-11H2,1-2H3/b8-7+. The lowest BCUT2D eigenvalue weighted by atomic mass is 10.1. The fourth-order valence-electron chi connectivity index (χ4n) is 2.30. The highest BCUT2D eigenvalue weighted by atomic mass is 16.5. The van der Waals surface area contributed by atoms with Gasteiger partial charge >= 0.3 is 0 Å². The lowest BCUT2D eigenvalue weighted by Crippen LogP contribution is -2.51. The summed E-state index contributed by atoms with van der Waals surface area (Å²) in [7, 11) is 1.60. The Bertz CT molecular complexity index is 515. The van der Waals surface area contributed by atoms with Gasteiger partial charge in [-0.1, -0.05) is 18.2 Å². The number of ether oxygens (including phenoxy) is 2. The number of aliphatic hydroxyl groups is 1. The second-order valence-corrected chi connectivity index (χ2v) is 5.05. The summed E-state index contributed by atoms with van der Waals surface area (Å²) in [6, 6.07) is 7.52. The molecule has 0 aliphatic carbocycles. The summed E-state index contributed by atoms with van der Waals surface area (Å²) >= 11 is 0. The molecule has 1 aromatic carbocycles. The molecule has 0 aromatic heterocycles. The van der Waals surface area contributed by atoms with Crippen LogP contribution in [-0.2, 0) is 9.53 Å². The second kappa shape index (κ2) is 7.24. The molecule has 1 aromatic rings. The Labute approximate surface area is 124 Å². The van der Waals surface area contributed by atoms with E-state index in [0.717, 1.165) is 11.3 Å². The minimum Gasteiger partial charge on any atom is -0.496 e. The molecule has 0 radical (unpaired) electrons. The molecule has 1 fully saturated rings. The smallest absolute Gasteiger partial charge is 0.246 e. The highest BCUT2D eigenvalue weighted by molar-refractivity contribution is 5.92. The maximum absolute atomic E-state index is 12.3. The van der Waals surface area contributed by atoms with E-state index >= 15 is 0 Å². The predicted molar refractivity (Wildman–Crippen MR) is 80.0 cm³/mol. The molecule has 1 heterocycles. The lowest BCUT2D eigenvalue weighted by molar-refractivity contribution is -0.140. The third kappa shape index (κ3) is 3.83. The van der Waals surface area contributed by atoms with Crippen LogP contribution >= 0.6 is 0 Å². The van der Waals surface area contributed by atoms with Crippen LogP contribution in [0.3, 0.4) is 0 Å². The number of benzene rings is 1. The average molecular weight is 291 g/mol. The van der Waals surface area contributed by atoms with E-state index in [1.807, 2.05) is 31.2 Å². The van der Waals surface area contributed by atoms with E-state index < -0.39 is 0 Å². The molecule has 114 valence electrons. The van der Waals surface area contributed by atoms with E-state index in [2.05, 4.69) is 0 Å². The number of para-hydroxylation sites is 1. The molecule has 0 bridgehead atoms. The van der Waals surface area contributed by atoms with Gasteiger partial charge in [0.15, 0.2) is 0 Å². The zero-order chi connectivity index (χ0) is 15.2. The van der Waals surface area contributed by atoms with E-state index in [9.17, 15) is 4.79 Å². The van der Waals surface area contributed by atoms with Gasteiger partial charge in [-0.15, -0.1) is 0 Å². The molecule has 2 unspecified atom stereocenters. The van der Waals surface area contributed by atoms with Crippen molar-refractivity contribution in [2.75, 3.05) is 26.9 Å². The van der Waals surface area contributed by atoms with Crippen molar-refractivity contribution >= 4 is 12.0 Å². The van der Waals surface area contributed by atoms with Crippen LogP contribution in [0.5, 0.6) is 5.75 Å². The van der Waals surface area contributed by atoms with Crippen molar-refractivity contribution < 1.29 is 19.4 Å². The number of methoxy groups -OCH3 is 1. The first-order valence-electron chi connectivity index (χ1n) is 7.00. The molecular weight excluding hydrogens is 270 g/mol. The highest BCUT2D eigenvalue weighted by Crippen LogP contribution is 2.19. The van der Waals surface area contributed by atoms with E-state index in [1.165, 1.54) is 6.08 Å². The number of carbonyl (C=O) groups excluding carboxylic acids is 1.